The van der Waals surface area contributed by atoms with Crippen molar-refractivity contribution >= 4 is 21.7 Å². The highest BCUT2D eigenvalue weighted by Gasteiger charge is 2.38. The normalized spacial score (nSPS) is 19.5. The number of carbonyl (C=O) groups excluding carboxylic acids is 1. The Kier molecular flexibility index (Phi) is 9.19. The van der Waals surface area contributed by atoms with Crippen molar-refractivity contribution < 1.29 is 36.2 Å². The molecule has 8 nitrogen and oxygen atoms in total. The van der Waals surface area contributed by atoms with Crippen LogP contribution < -0.4 is 10.1 Å². The van der Waals surface area contributed by atoms with E-state index in [1.54, 1.807) is 26.0 Å². The van der Waals surface area contributed by atoms with Crippen LogP contribution in [0.15, 0.2) is 71.6 Å². The van der Waals surface area contributed by atoms with Crippen molar-refractivity contribution in [3.05, 3.63) is 77.9 Å². The van der Waals surface area contributed by atoms with Gasteiger partial charge in [0.2, 0.25) is 10.0 Å². The number of halogens is 3. The number of carbonyl (C=O) groups is 1. The number of rotatable bonds is 6. The van der Waals surface area contributed by atoms with E-state index in [9.17, 15) is 31.5 Å². The first-order valence-electron chi connectivity index (χ1n) is 13.4. The quantitative estimate of drug-likeness (QED) is 0.381. The minimum atomic E-state index is -4.49. The van der Waals surface area contributed by atoms with Crippen molar-refractivity contribution in [2.75, 3.05) is 32.1 Å². The van der Waals surface area contributed by atoms with Crippen LogP contribution in [0.4, 0.5) is 23.7 Å². The molecular formula is C30H34F3N3O5S. The molecule has 1 aliphatic heterocycles. The van der Waals surface area contributed by atoms with Crippen molar-refractivity contribution in [3.8, 4) is 16.9 Å². The van der Waals surface area contributed by atoms with Crippen molar-refractivity contribution in [2.45, 2.75) is 44.0 Å². The van der Waals surface area contributed by atoms with E-state index in [2.05, 4.69) is 5.32 Å². The Balaban J connectivity index is 1.63. The molecule has 0 aromatic heterocycles. The van der Waals surface area contributed by atoms with E-state index in [4.69, 9.17) is 4.74 Å². The lowest BCUT2D eigenvalue weighted by molar-refractivity contribution is -0.137. The molecular weight excluding hydrogens is 571 g/mol. The fourth-order valence-corrected chi connectivity index (χ4v) is 6.51. The highest BCUT2D eigenvalue weighted by atomic mass is 32.2. The van der Waals surface area contributed by atoms with Gasteiger partial charge >= 0.3 is 12.2 Å². The highest BCUT2D eigenvalue weighted by Crippen LogP contribution is 2.37. The Morgan fingerprint density at radius 1 is 1.10 bits per heavy atom. The van der Waals surface area contributed by atoms with Gasteiger partial charge in [0.15, 0.2) is 0 Å². The topological polar surface area (TPSA) is 99.2 Å². The smallest absolute Gasteiger partial charge is 0.416 e. The molecule has 4 rings (SSSR count). The lowest BCUT2D eigenvalue weighted by Gasteiger charge is -2.37. The summed E-state index contributed by atoms with van der Waals surface area (Å²) in [7, 11) is -2.52. The third kappa shape index (κ3) is 6.88. The first-order valence-corrected chi connectivity index (χ1v) is 14.8. The van der Waals surface area contributed by atoms with Crippen molar-refractivity contribution in [1.29, 1.82) is 0 Å². The minimum Gasteiger partial charge on any atom is -0.487 e. The van der Waals surface area contributed by atoms with Crippen LogP contribution in [0.2, 0.25) is 0 Å². The summed E-state index contributed by atoms with van der Waals surface area (Å²) in [4.78, 5) is 14.2. The molecule has 3 aromatic carbocycles. The van der Waals surface area contributed by atoms with Crippen molar-refractivity contribution in [3.63, 3.8) is 0 Å². The van der Waals surface area contributed by atoms with Gasteiger partial charge in [-0.25, -0.2) is 13.2 Å². The van der Waals surface area contributed by atoms with Gasteiger partial charge in [0.1, 0.15) is 16.7 Å². The van der Waals surface area contributed by atoms with E-state index < -0.39 is 45.9 Å². The van der Waals surface area contributed by atoms with E-state index in [0.29, 0.717) is 0 Å². The second kappa shape index (κ2) is 12.3. The van der Waals surface area contributed by atoms with Crippen LogP contribution in [-0.4, -0.2) is 67.7 Å². The predicted molar refractivity (Wildman–Crippen MR) is 154 cm³/mol. The number of ether oxygens (including phenoxy) is 1. The molecule has 226 valence electrons. The summed E-state index contributed by atoms with van der Waals surface area (Å²) >= 11 is 0. The van der Waals surface area contributed by atoms with Gasteiger partial charge < -0.3 is 20.1 Å². The van der Waals surface area contributed by atoms with Crippen LogP contribution in [0.3, 0.4) is 0 Å². The van der Waals surface area contributed by atoms with E-state index in [0.717, 1.165) is 28.8 Å². The molecule has 3 aromatic rings. The lowest BCUT2D eigenvalue weighted by atomic mass is 10.0. The van der Waals surface area contributed by atoms with Crippen LogP contribution in [0.25, 0.3) is 11.1 Å². The molecule has 1 aliphatic rings. The number of hydrogen-bond acceptors (Lipinski definition) is 5. The van der Waals surface area contributed by atoms with Crippen LogP contribution in [-0.2, 0) is 16.2 Å². The average molecular weight is 606 g/mol. The first-order chi connectivity index (χ1) is 19.7. The average Bonchev–Trinajstić information content (AvgIpc) is 2.94. The minimum absolute atomic E-state index is 0.0300. The molecule has 2 N–H and O–H groups in total. The number of nitrogens with one attached hydrogen (secondary N) is 1. The number of sulfonamides is 1. The first kappa shape index (κ1) is 31.3. The number of urea groups is 1. The van der Waals surface area contributed by atoms with Crippen LogP contribution in [0.5, 0.6) is 5.75 Å². The highest BCUT2D eigenvalue weighted by molar-refractivity contribution is 7.89. The number of likely N-dealkylation sites (N-methyl/N-ethyl adjacent to an activating group) is 1. The molecule has 0 saturated carbocycles. The molecule has 0 unspecified atom stereocenters. The third-order valence-corrected chi connectivity index (χ3v) is 9.34. The zero-order chi connectivity index (χ0) is 30.8. The number of aryl methyl sites for hydroxylation is 1. The molecule has 0 bridgehead atoms. The van der Waals surface area contributed by atoms with Gasteiger partial charge in [-0.3, -0.25) is 0 Å². The van der Waals surface area contributed by atoms with Gasteiger partial charge in [-0.15, -0.1) is 0 Å². The lowest BCUT2D eigenvalue weighted by Crippen LogP contribution is -2.50. The number of amides is 2. The van der Waals surface area contributed by atoms with Crippen molar-refractivity contribution in [1.82, 2.24) is 9.21 Å². The van der Waals surface area contributed by atoms with Gasteiger partial charge in [-0.1, -0.05) is 42.8 Å². The summed E-state index contributed by atoms with van der Waals surface area (Å²) < 4.78 is 73.7. The Morgan fingerprint density at radius 2 is 1.71 bits per heavy atom. The summed E-state index contributed by atoms with van der Waals surface area (Å²) in [5.74, 6) is -0.289. The Bertz CT molecular complexity index is 1510. The van der Waals surface area contributed by atoms with E-state index in [-0.39, 0.29) is 36.0 Å². The SMILES string of the molecule is Cc1ccc(-c2ccc3c(c2)O[C@@H](CN(C)C(=O)Nc2ccc(C(F)(F)F)cc2)[C@H](C)CN([C@H](C)CO)S3(=O)=O)cc1. The summed E-state index contributed by atoms with van der Waals surface area (Å²) in [6.07, 6.45) is -5.15. The Hall–Kier alpha value is -3.61. The van der Waals surface area contributed by atoms with Gasteiger partial charge in [-0.05, 0) is 61.4 Å². The second-order valence-corrected chi connectivity index (χ2v) is 12.5. The van der Waals surface area contributed by atoms with Gasteiger partial charge in [0, 0.05) is 31.2 Å². The molecule has 3 atom stereocenters. The zero-order valence-electron chi connectivity index (χ0n) is 23.7. The van der Waals surface area contributed by atoms with Crippen LogP contribution >= 0.6 is 0 Å². The summed E-state index contributed by atoms with van der Waals surface area (Å²) in [5, 5.41) is 12.4. The number of hydrogen-bond donors (Lipinski definition) is 2. The maximum Gasteiger partial charge on any atom is 0.416 e. The third-order valence-electron chi connectivity index (χ3n) is 7.32. The predicted octanol–water partition coefficient (Wildman–Crippen LogP) is 5.61. The Morgan fingerprint density at radius 3 is 2.31 bits per heavy atom. The van der Waals surface area contributed by atoms with Crippen LogP contribution in [0.1, 0.15) is 25.0 Å². The molecule has 1 heterocycles. The summed E-state index contributed by atoms with van der Waals surface area (Å²) in [6.45, 7) is 5.07. The molecule has 12 heteroatoms. The maximum atomic E-state index is 13.7. The number of aliphatic hydroxyl groups is 1. The second-order valence-electron chi connectivity index (χ2n) is 10.7. The monoisotopic (exact) mass is 605 g/mol. The molecule has 0 saturated heterocycles. The summed E-state index contributed by atoms with van der Waals surface area (Å²) in [6, 6.07) is 15.4. The molecule has 2 amide bonds. The standard InChI is InChI=1S/C30H34F3N3O5S/c1-19-5-7-22(8-6-19)23-9-14-28-26(15-23)41-27(20(2)16-36(21(3)18-37)42(28,39)40)17-35(4)29(38)34-25-12-10-24(11-13-25)30(31,32)33/h5-15,20-21,27,37H,16-18H2,1-4H3,(H,34,38)/t20-,21-,27+/m1/s1. The zero-order valence-corrected chi connectivity index (χ0v) is 24.5. The fourth-order valence-electron chi connectivity index (χ4n) is 4.68. The largest absolute Gasteiger partial charge is 0.487 e. The molecule has 0 fully saturated rings. The number of benzene rings is 3. The van der Waals surface area contributed by atoms with Gasteiger partial charge in [0.05, 0.1) is 18.7 Å². The number of alkyl halides is 3. The number of aliphatic hydroxyl groups excluding tert-OH is 1. The molecule has 0 radical (unpaired) electrons. The molecule has 42 heavy (non-hydrogen) atoms. The Labute approximate surface area is 243 Å². The number of nitrogens with zero attached hydrogens (tertiary/aromatic N) is 2. The molecule has 0 spiro atoms. The fraction of sp³-hybridized carbons (Fsp3) is 0.367. The molecule has 0 aliphatic carbocycles. The van der Waals surface area contributed by atoms with E-state index >= 15 is 0 Å². The number of fused-ring (bicyclic) bond motifs is 1. The van der Waals surface area contributed by atoms with Gasteiger partial charge in [-0.2, -0.15) is 17.5 Å². The van der Waals surface area contributed by atoms with E-state index in [1.807, 2.05) is 31.2 Å². The number of anilines is 1. The maximum absolute atomic E-state index is 13.7. The van der Waals surface area contributed by atoms with Crippen molar-refractivity contribution in [2.24, 2.45) is 5.92 Å². The van der Waals surface area contributed by atoms with Gasteiger partial charge in [0.25, 0.3) is 0 Å². The summed E-state index contributed by atoms with van der Waals surface area (Å²) in [5.41, 5.74) is 2.04. The van der Waals surface area contributed by atoms with Crippen LogP contribution in [0, 0.1) is 12.8 Å². The van der Waals surface area contributed by atoms with E-state index in [1.165, 1.54) is 34.5 Å².